The molecule has 0 heterocycles. The monoisotopic (exact) mass is 518 g/mol. The maximum absolute atomic E-state index is 11.3. The summed E-state index contributed by atoms with van der Waals surface area (Å²) in [5.74, 6) is 1.30. The van der Waals surface area contributed by atoms with Gasteiger partial charge in [-0.15, -0.1) is 24.0 Å². The van der Waals surface area contributed by atoms with E-state index in [0.29, 0.717) is 36.5 Å². The second kappa shape index (κ2) is 11.1. The van der Waals surface area contributed by atoms with Gasteiger partial charge < -0.3 is 15.8 Å². The van der Waals surface area contributed by atoms with Crippen molar-refractivity contribution in [2.45, 2.75) is 19.8 Å². The van der Waals surface area contributed by atoms with E-state index < -0.39 is 10.0 Å². The lowest BCUT2D eigenvalue weighted by molar-refractivity contribution is 0.329. The minimum absolute atomic E-state index is 0. The average molecular weight is 518 g/mol. The van der Waals surface area contributed by atoms with Crippen LogP contribution in [0.15, 0.2) is 53.5 Å². The summed E-state index contributed by atoms with van der Waals surface area (Å²) in [7, 11) is -3.32. The number of ether oxygens (including phenoxy) is 1. The number of anilines is 2. The quantitative estimate of drug-likeness (QED) is 0.214. The average Bonchev–Trinajstić information content (AvgIpc) is 2.58. The Balaban J connectivity index is 0.00000392. The molecule has 0 radical (unpaired) electrons. The predicted octanol–water partition coefficient (Wildman–Crippen LogP) is 3.61. The lowest BCUT2D eigenvalue weighted by Crippen LogP contribution is -2.23. The van der Waals surface area contributed by atoms with Crippen molar-refractivity contribution in [2.75, 3.05) is 29.4 Å². The number of sulfonamides is 1. The van der Waals surface area contributed by atoms with Crippen LogP contribution < -0.4 is 20.5 Å². The Morgan fingerprint density at radius 1 is 1.14 bits per heavy atom. The lowest BCUT2D eigenvalue weighted by Gasteiger charge is -2.10. The number of hydrogen-bond donors (Lipinski definition) is 3. The van der Waals surface area contributed by atoms with E-state index >= 15 is 0 Å². The maximum atomic E-state index is 11.3. The molecular weight excluding hydrogens is 491 g/mol. The Morgan fingerprint density at radius 3 is 2.50 bits per heavy atom. The largest absolute Gasteiger partial charge is 0.492 e. The summed E-state index contributed by atoms with van der Waals surface area (Å²) in [5.41, 5.74) is 8.47. The van der Waals surface area contributed by atoms with Gasteiger partial charge in [-0.1, -0.05) is 32.0 Å². The van der Waals surface area contributed by atoms with E-state index in [1.807, 2.05) is 18.2 Å². The van der Waals surface area contributed by atoms with E-state index in [1.165, 1.54) is 5.56 Å². The summed E-state index contributed by atoms with van der Waals surface area (Å²) in [6, 6.07) is 14.8. The van der Waals surface area contributed by atoms with Crippen LogP contribution in [0, 0.1) is 0 Å². The molecule has 0 amide bonds. The van der Waals surface area contributed by atoms with E-state index in [4.69, 9.17) is 10.5 Å². The van der Waals surface area contributed by atoms with Crippen LogP contribution in [0.2, 0.25) is 0 Å². The minimum Gasteiger partial charge on any atom is -0.492 e. The molecule has 28 heavy (non-hydrogen) atoms. The zero-order valence-corrected chi connectivity index (χ0v) is 19.3. The van der Waals surface area contributed by atoms with Gasteiger partial charge in [0.1, 0.15) is 12.4 Å². The Bertz CT molecular complexity index is 902. The van der Waals surface area contributed by atoms with Crippen molar-refractivity contribution in [1.82, 2.24) is 0 Å². The van der Waals surface area contributed by atoms with Crippen LogP contribution in [-0.4, -0.2) is 33.8 Å². The zero-order valence-electron chi connectivity index (χ0n) is 16.2. The van der Waals surface area contributed by atoms with Gasteiger partial charge in [0.05, 0.1) is 18.5 Å². The standard InChI is InChI=1S/C19H26N4O3S.HI/c1-14(2)15-6-4-7-16(12-15)22-19(20)21-10-11-26-18-9-5-8-17(13-18)23-27(3,24)25;/h4-9,12-14,23H,10-11H2,1-3H3,(H3,20,21,22);1H. The second-order valence-electron chi connectivity index (χ2n) is 6.42. The molecule has 2 aromatic carbocycles. The molecule has 4 N–H and O–H groups in total. The molecule has 0 aliphatic heterocycles. The molecule has 0 aliphatic carbocycles. The van der Waals surface area contributed by atoms with Crippen LogP contribution in [0.5, 0.6) is 5.75 Å². The van der Waals surface area contributed by atoms with Crippen molar-refractivity contribution in [3.05, 3.63) is 54.1 Å². The Hall–Kier alpha value is -2.01. The Kier molecular flexibility index (Phi) is 9.53. The Labute approximate surface area is 183 Å². The van der Waals surface area contributed by atoms with E-state index in [0.717, 1.165) is 11.9 Å². The highest BCUT2D eigenvalue weighted by Crippen LogP contribution is 2.19. The van der Waals surface area contributed by atoms with Gasteiger partial charge in [0.2, 0.25) is 10.0 Å². The summed E-state index contributed by atoms with van der Waals surface area (Å²) >= 11 is 0. The highest BCUT2D eigenvalue weighted by molar-refractivity contribution is 14.0. The maximum Gasteiger partial charge on any atom is 0.229 e. The van der Waals surface area contributed by atoms with Gasteiger partial charge >= 0.3 is 0 Å². The number of nitrogens with zero attached hydrogens (tertiary/aromatic N) is 1. The Morgan fingerprint density at radius 2 is 1.82 bits per heavy atom. The van der Waals surface area contributed by atoms with Crippen molar-refractivity contribution in [1.29, 1.82) is 0 Å². The molecule has 0 saturated carbocycles. The highest BCUT2D eigenvalue weighted by atomic mass is 127. The number of benzene rings is 2. The number of halogens is 1. The smallest absolute Gasteiger partial charge is 0.229 e. The van der Waals surface area contributed by atoms with Crippen molar-refractivity contribution >= 4 is 51.3 Å². The molecule has 0 aromatic heterocycles. The molecule has 9 heteroatoms. The number of nitrogens with two attached hydrogens (primary N) is 1. The third-order valence-corrected chi connectivity index (χ3v) is 4.21. The van der Waals surface area contributed by atoms with Gasteiger partial charge in [-0.2, -0.15) is 0 Å². The number of aliphatic imine (C=N–C) groups is 1. The molecule has 0 unspecified atom stereocenters. The molecule has 2 aromatic rings. The molecule has 0 bridgehead atoms. The topological polar surface area (TPSA) is 106 Å². The summed E-state index contributed by atoms with van der Waals surface area (Å²) in [4.78, 5) is 4.24. The van der Waals surface area contributed by atoms with Gasteiger partial charge in [0.15, 0.2) is 5.96 Å². The first-order chi connectivity index (χ1) is 12.7. The molecule has 0 fully saturated rings. The number of hydrogen-bond acceptors (Lipinski definition) is 4. The fourth-order valence-corrected chi connectivity index (χ4v) is 2.91. The second-order valence-corrected chi connectivity index (χ2v) is 8.17. The van der Waals surface area contributed by atoms with Crippen LogP contribution >= 0.6 is 24.0 Å². The zero-order chi connectivity index (χ0) is 19.9. The van der Waals surface area contributed by atoms with E-state index in [1.54, 1.807) is 24.3 Å². The first-order valence-electron chi connectivity index (χ1n) is 8.60. The molecule has 2 rings (SSSR count). The van der Waals surface area contributed by atoms with Crippen LogP contribution in [0.3, 0.4) is 0 Å². The molecule has 0 saturated heterocycles. The summed E-state index contributed by atoms with van der Waals surface area (Å²) in [6.45, 7) is 4.95. The van der Waals surface area contributed by atoms with E-state index in [-0.39, 0.29) is 24.0 Å². The summed E-state index contributed by atoms with van der Waals surface area (Å²) < 4.78 is 30.5. The third kappa shape index (κ3) is 8.79. The van der Waals surface area contributed by atoms with E-state index in [2.05, 4.69) is 34.9 Å². The summed E-state index contributed by atoms with van der Waals surface area (Å²) in [5, 5.41) is 3.07. The lowest BCUT2D eigenvalue weighted by atomic mass is 10.0. The van der Waals surface area contributed by atoms with Crippen molar-refractivity contribution in [2.24, 2.45) is 10.7 Å². The van der Waals surface area contributed by atoms with Crippen LogP contribution in [0.25, 0.3) is 0 Å². The van der Waals surface area contributed by atoms with Crippen molar-refractivity contribution < 1.29 is 13.2 Å². The molecule has 0 spiro atoms. The fourth-order valence-electron chi connectivity index (χ4n) is 2.36. The van der Waals surface area contributed by atoms with Crippen molar-refractivity contribution in [3.63, 3.8) is 0 Å². The van der Waals surface area contributed by atoms with Gasteiger partial charge in [0.25, 0.3) is 0 Å². The molecule has 0 aliphatic rings. The highest BCUT2D eigenvalue weighted by Gasteiger charge is 2.03. The number of rotatable bonds is 8. The van der Waals surface area contributed by atoms with E-state index in [9.17, 15) is 8.42 Å². The first kappa shape index (κ1) is 24.0. The fraction of sp³-hybridized carbons (Fsp3) is 0.316. The van der Waals surface area contributed by atoms with Gasteiger partial charge in [0, 0.05) is 11.8 Å². The predicted molar refractivity (Wildman–Crippen MR) is 126 cm³/mol. The summed E-state index contributed by atoms with van der Waals surface area (Å²) in [6.07, 6.45) is 1.10. The third-order valence-electron chi connectivity index (χ3n) is 3.61. The minimum atomic E-state index is -3.32. The van der Waals surface area contributed by atoms with Crippen LogP contribution in [0.1, 0.15) is 25.3 Å². The normalized spacial score (nSPS) is 11.6. The molecule has 7 nitrogen and oxygen atoms in total. The van der Waals surface area contributed by atoms with Gasteiger partial charge in [-0.05, 0) is 35.7 Å². The van der Waals surface area contributed by atoms with Gasteiger partial charge in [-0.3, -0.25) is 4.72 Å². The van der Waals surface area contributed by atoms with Crippen LogP contribution in [-0.2, 0) is 10.0 Å². The molecular formula is C19H27IN4O3S. The van der Waals surface area contributed by atoms with Gasteiger partial charge in [-0.25, -0.2) is 13.4 Å². The molecule has 154 valence electrons. The number of nitrogens with one attached hydrogen (secondary N) is 2. The molecule has 0 atom stereocenters. The number of guanidine groups is 1. The van der Waals surface area contributed by atoms with Crippen molar-refractivity contribution in [3.8, 4) is 5.75 Å². The first-order valence-corrected chi connectivity index (χ1v) is 10.5. The van der Waals surface area contributed by atoms with Crippen LogP contribution in [0.4, 0.5) is 11.4 Å². The SMILES string of the molecule is CC(C)c1cccc(NC(N)=NCCOc2cccc(NS(C)(=O)=O)c2)c1.I.